The van der Waals surface area contributed by atoms with Crippen molar-refractivity contribution < 1.29 is 0 Å². The van der Waals surface area contributed by atoms with E-state index in [2.05, 4.69) is 69.8 Å². The molecular weight excluding hydrogens is 475 g/mol. The minimum atomic E-state index is 0. The van der Waals surface area contributed by atoms with Crippen LogP contribution >= 0.6 is 24.0 Å². The molecule has 2 N–H and O–H groups in total. The number of aromatic nitrogens is 2. The van der Waals surface area contributed by atoms with Gasteiger partial charge in [0, 0.05) is 45.5 Å². The second-order valence-corrected chi connectivity index (χ2v) is 7.65. The Balaban J connectivity index is 0.00000300. The number of likely N-dealkylation sites (tertiary alicyclic amines) is 1. The zero-order chi connectivity index (χ0) is 19.9. The number of benzene rings is 1. The van der Waals surface area contributed by atoms with E-state index in [0.717, 1.165) is 37.7 Å². The van der Waals surface area contributed by atoms with Gasteiger partial charge in [-0.25, -0.2) is 0 Å². The van der Waals surface area contributed by atoms with Gasteiger partial charge in [-0.1, -0.05) is 30.3 Å². The van der Waals surface area contributed by atoms with Crippen LogP contribution in [0.25, 0.3) is 0 Å². The largest absolute Gasteiger partial charge is 0.356 e. The Morgan fingerprint density at radius 3 is 2.62 bits per heavy atom. The molecule has 1 unspecified atom stereocenters. The van der Waals surface area contributed by atoms with Crippen molar-refractivity contribution >= 4 is 29.9 Å². The molecular formula is C22H35IN6. The van der Waals surface area contributed by atoms with Crippen LogP contribution in [0.1, 0.15) is 35.4 Å². The van der Waals surface area contributed by atoms with Crippen LogP contribution in [-0.2, 0) is 20.0 Å². The summed E-state index contributed by atoms with van der Waals surface area (Å²) in [7, 11) is 3.84. The topological polar surface area (TPSA) is 57.5 Å². The van der Waals surface area contributed by atoms with Gasteiger partial charge < -0.3 is 10.6 Å². The molecule has 0 spiro atoms. The van der Waals surface area contributed by atoms with E-state index in [1.165, 1.54) is 36.2 Å². The highest BCUT2D eigenvalue weighted by Gasteiger charge is 2.24. The van der Waals surface area contributed by atoms with Gasteiger partial charge in [0.05, 0.1) is 5.69 Å². The summed E-state index contributed by atoms with van der Waals surface area (Å²) in [5, 5.41) is 11.5. The molecule has 29 heavy (non-hydrogen) atoms. The van der Waals surface area contributed by atoms with Crippen LogP contribution in [0.4, 0.5) is 0 Å². The van der Waals surface area contributed by atoms with Gasteiger partial charge in [-0.2, -0.15) is 5.10 Å². The number of nitrogens with one attached hydrogen (secondary N) is 2. The number of aliphatic imine (C=N–C) groups is 1. The molecule has 1 atom stereocenters. The van der Waals surface area contributed by atoms with Crippen LogP contribution in [0.2, 0.25) is 0 Å². The molecule has 0 amide bonds. The second kappa shape index (κ2) is 11.5. The Kier molecular flexibility index (Phi) is 9.42. The molecule has 1 saturated heterocycles. The van der Waals surface area contributed by atoms with E-state index in [4.69, 9.17) is 0 Å². The first kappa shape index (κ1) is 23.7. The van der Waals surface area contributed by atoms with Crippen LogP contribution < -0.4 is 10.6 Å². The fourth-order valence-electron chi connectivity index (χ4n) is 4.07. The van der Waals surface area contributed by atoms with E-state index in [0.29, 0.717) is 6.04 Å². The lowest BCUT2D eigenvalue weighted by atomic mass is 10.1. The number of halogens is 1. The van der Waals surface area contributed by atoms with E-state index >= 15 is 0 Å². The molecule has 0 bridgehead atoms. The maximum Gasteiger partial charge on any atom is 0.191 e. The lowest BCUT2D eigenvalue weighted by Crippen LogP contribution is -2.45. The second-order valence-electron chi connectivity index (χ2n) is 7.65. The molecule has 2 heterocycles. The van der Waals surface area contributed by atoms with Crippen molar-refractivity contribution in [2.24, 2.45) is 12.0 Å². The zero-order valence-electron chi connectivity index (χ0n) is 18.1. The average Bonchev–Trinajstić information content (AvgIpc) is 3.23. The smallest absolute Gasteiger partial charge is 0.191 e. The van der Waals surface area contributed by atoms with Crippen LogP contribution in [0.5, 0.6) is 0 Å². The molecule has 7 heteroatoms. The molecule has 2 aromatic rings. The van der Waals surface area contributed by atoms with Crippen LogP contribution in [0, 0.1) is 13.8 Å². The third-order valence-corrected chi connectivity index (χ3v) is 5.78. The Bertz CT molecular complexity index is 786. The van der Waals surface area contributed by atoms with E-state index < -0.39 is 0 Å². The molecule has 1 aromatic carbocycles. The number of nitrogens with zero attached hydrogens (tertiary/aromatic N) is 4. The monoisotopic (exact) mass is 510 g/mol. The summed E-state index contributed by atoms with van der Waals surface area (Å²) in [4.78, 5) is 6.98. The fourth-order valence-corrected chi connectivity index (χ4v) is 4.07. The van der Waals surface area contributed by atoms with Crippen molar-refractivity contribution in [3.8, 4) is 0 Å². The molecule has 0 radical (unpaired) electrons. The Morgan fingerprint density at radius 2 is 1.97 bits per heavy atom. The van der Waals surface area contributed by atoms with Gasteiger partial charge in [-0.05, 0) is 50.8 Å². The van der Waals surface area contributed by atoms with Gasteiger partial charge in [0.2, 0.25) is 0 Å². The molecule has 0 aliphatic carbocycles. The van der Waals surface area contributed by atoms with Crippen molar-refractivity contribution in [2.75, 3.05) is 26.7 Å². The maximum atomic E-state index is 4.50. The Morgan fingerprint density at radius 1 is 1.21 bits per heavy atom. The lowest BCUT2D eigenvalue weighted by Gasteiger charge is -2.25. The highest BCUT2D eigenvalue weighted by atomic mass is 127. The van der Waals surface area contributed by atoms with Crippen LogP contribution in [0.3, 0.4) is 0 Å². The highest BCUT2D eigenvalue weighted by molar-refractivity contribution is 14.0. The van der Waals surface area contributed by atoms with Crippen molar-refractivity contribution in [3.05, 3.63) is 52.8 Å². The lowest BCUT2D eigenvalue weighted by molar-refractivity contribution is 0.245. The minimum absolute atomic E-state index is 0. The molecule has 1 fully saturated rings. The Labute approximate surface area is 192 Å². The predicted molar refractivity (Wildman–Crippen MR) is 131 cm³/mol. The maximum absolute atomic E-state index is 4.50. The van der Waals surface area contributed by atoms with Crippen molar-refractivity contribution in [1.82, 2.24) is 25.3 Å². The van der Waals surface area contributed by atoms with Gasteiger partial charge in [-0.15, -0.1) is 24.0 Å². The third-order valence-electron chi connectivity index (χ3n) is 5.78. The summed E-state index contributed by atoms with van der Waals surface area (Å²) in [6, 6.07) is 11.3. The molecule has 160 valence electrons. The summed E-state index contributed by atoms with van der Waals surface area (Å²) in [6.07, 6.45) is 3.46. The van der Waals surface area contributed by atoms with Gasteiger partial charge in [0.25, 0.3) is 0 Å². The molecule has 0 saturated carbocycles. The first-order chi connectivity index (χ1) is 13.6. The third kappa shape index (κ3) is 6.44. The van der Waals surface area contributed by atoms with Gasteiger partial charge in [-0.3, -0.25) is 14.6 Å². The first-order valence-corrected chi connectivity index (χ1v) is 10.3. The zero-order valence-corrected chi connectivity index (χ0v) is 20.4. The molecule has 3 rings (SSSR count). The Hall–Kier alpha value is -1.61. The number of hydrogen-bond donors (Lipinski definition) is 2. The van der Waals surface area contributed by atoms with E-state index in [9.17, 15) is 0 Å². The molecule has 1 aliphatic rings. The quantitative estimate of drug-likeness (QED) is 0.342. The molecule has 6 nitrogen and oxygen atoms in total. The highest BCUT2D eigenvalue weighted by Crippen LogP contribution is 2.19. The van der Waals surface area contributed by atoms with Gasteiger partial charge >= 0.3 is 0 Å². The summed E-state index contributed by atoms with van der Waals surface area (Å²) >= 11 is 0. The summed E-state index contributed by atoms with van der Waals surface area (Å²) in [5.41, 5.74) is 5.08. The van der Waals surface area contributed by atoms with Crippen LogP contribution in [0.15, 0.2) is 35.3 Å². The van der Waals surface area contributed by atoms with Crippen molar-refractivity contribution in [3.63, 3.8) is 0 Å². The van der Waals surface area contributed by atoms with E-state index in [1.54, 1.807) is 0 Å². The molecule has 1 aromatic heterocycles. The summed E-state index contributed by atoms with van der Waals surface area (Å²) < 4.78 is 1.96. The average molecular weight is 510 g/mol. The minimum Gasteiger partial charge on any atom is -0.356 e. The molecule has 1 aliphatic heterocycles. The van der Waals surface area contributed by atoms with Crippen molar-refractivity contribution in [2.45, 2.75) is 45.7 Å². The summed E-state index contributed by atoms with van der Waals surface area (Å²) in [6.45, 7) is 8.19. The number of guanidine groups is 1. The van der Waals surface area contributed by atoms with Crippen molar-refractivity contribution in [1.29, 1.82) is 0 Å². The van der Waals surface area contributed by atoms with Gasteiger partial charge in [0.1, 0.15) is 0 Å². The van der Waals surface area contributed by atoms with E-state index in [1.807, 2.05) is 18.8 Å². The van der Waals surface area contributed by atoms with Crippen LogP contribution in [-0.4, -0.2) is 53.4 Å². The predicted octanol–water partition coefficient (Wildman–Crippen LogP) is 3.03. The fraction of sp³-hybridized carbons (Fsp3) is 0.545. The standard InChI is InChI=1S/C22H34N6.HI/c1-17-21(18(2)27(4)26-17)12-13-24-22(23-3)25-15-20-11-8-14-28(20)16-19-9-6-5-7-10-19;/h5-7,9-10,20H,8,11-16H2,1-4H3,(H2,23,24,25);1H. The normalized spacial score (nSPS) is 17.2. The SMILES string of the molecule is CN=C(NCCc1c(C)nn(C)c1C)NCC1CCCN1Cc1ccccc1.I. The number of aryl methyl sites for hydroxylation is 2. The number of rotatable bonds is 7. The van der Waals surface area contributed by atoms with Gasteiger partial charge in [0.15, 0.2) is 5.96 Å². The summed E-state index contributed by atoms with van der Waals surface area (Å²) in [5.74, 6) is 0.880. The first-order valence-electron chi connectivity index (χ1n) is 10.3. The number of hydrogen-bond acceptors (Lipinski definition) is 3. The van der Waals surface area contributed by atoms with E-state index in [-0.39, 0.29) is 24.0 Å².